The lowest BCUT2D eigenvalue weighted by atomic mass is 9.88. The summed E-state index contributed by atoms with van der Waals surface area (Å²) in [5, 5.41) is 9.76. The number of esters is 1. The van der Waals surface area contributed by atoms with E-state index in [1.165, 1.54) is 14.0 Å². The van der Waals surface area contributed by atoms with Crippen LogP contribution in [0.1, 0.15) is 27.2 Å². The average Bonchev–Trinajstić information content (AvgIpc) is 2.17. The first-order valence-corrected chi connectivity index (χ1v) is 5.87. The molecule has 0 saturated carbocycles. The smallest absolute Gasteiger partial charge is 0.338 e. The van der Waals surface area contributed by atoms with E-state index < -0.39 is 17.5 Å². The van der Waals surface area contributed by atoms with Crippen molar-refractivity contribution in [3.63, 3.8) is 0 Å². The van der Waals surface area contributed by atoms with Crippen molar-refractivity contribution in [3.8, 4) is 0 Å². The molecule has 0 aliphatic carbocycles. The Morgan fingerprint density at radius 2 is 2.00 bits per heavy atom. The first kappa shape index (κ1) is 14.5. The number of ether oxygens (including phenoxy) is 1. The summed E-state index contributed by atoms with van der Waals surface area (Å²) < 4.78 is 4.48. The van der Waals surface area contributed by atoms with Crippen molar-refractivity contribution < 1.29 is 19.4 Å². The van der Waals surface area contributed by atoms with Crippen molar-refractivity contribution in [2.75, 3.05) is 12.9 Å². The Labute approximate surface area is 94.4 Å². The Bertz CT molecular complexity index is 238. The fourth-order valence-corrected chi connectivity index (χ4v) is 2.27. The van der Waals surface area contributed by atoms with E-state index in [0.717, 1.165) is 11.8 Å². The molecule has 0 unspecified atom stereocenters. The molecule has 5 heteroatoms. The maximum atomic E-state index is 11.6. The summed E-state index contributed by atoms with van der Waals surface area (Å²) in [5.74, 6) is -0.846. The molecule has 0 aromatic rings. The number of hydrogen-bond acceptors (Lipinski definition) is 5. The number of aliphatic hydroxyl groups is 1. The SMILES string of the molecule is CCSC(=O)[C@H](CC)[C@](C)(O)C(=O)OC. The van der Waals surface area contributed by atoms with Crippen LogP contribution in [0.3, 0.4) is 0 Å². The second-order valence-corrected chi connectivity index (χ2v) is 4.62. The lowest BCUT2D eigenvalue weighted by Gasteiger charge is -2.27. The van der Waals surface area contributed by atoms with Crippen LogP contribution in [0.2, 0.25) is 0 Å². The predicted octanol–water partition coefficient (Wildman–Crippen LogP) is 1.22. The van der Waals surface area contributed by atoms with Crippen molar-refractivity contribution in [2.45, 2.75) is 32.8 Å². The van der Waals surface area contributed by atoms with Crippen molar-refractivity contribution in [1.29, 1.82) is 0 Å². The largest absolute Gasteiger partial charge is 0.467 e. The number of carbonyl (C=O) groups excluding carboxylic acids is 2. The summed E-state index contributed by atoms with van der Waals surface area (Å²) >= 11 is 1.11. The molecule has 0 aromatic heterocycles. The molecule has 4 nitrogen and oxygen atoms in total. The van der Waals surface area contributed by atoms with Crippen LogP contribution in [0.15, 0.2) is 0 Å². The van der Waals surface area contributed by atoms with E-state index in [2.05, 4.69) is 4.74 Å². The van der Waals surface area contributed by atoms with Gasteiger partial charge in [0.15, 0.2) is 10.7 Å². The minimum Gasteiger partial charge on any atom is -0.467 e. The molecule has 1 N–H and O–H groups in total. The van der Waals surface area contributed by atoms with Gasteiger partial charge in [-0.15, -0.1) is 0 Å². The van der Waals surface area contributed by atoms with E-state index in [1.807, 2.05) is 6.92 Å². The zero-order valence-corrected chi connectivity index (χ0v) is 10.4. The highest BCUT2D eigenvalue weighted by Crippen LogP contribution is 2.27. The summed E-state index contributed by atoms with van der Waals surface area (Å²) in [4.78, 5) is 22.9. The Balaban J connectivity index is 4.79. The minimum atomic E-state index is -1.73. The second-order valence-electron chi connectivity index (χ2n) is 3.35. The van der Waals surface area contributed by atoms with E-state index in [-0.39, 0.29) is 5.12 Å². The van der Waals surface area contributed by atoms with E-state index in [9.17, 15) is 14.7 Å². The number of methoxy groups -OCH3 is 1. The number of hydrogen-bond donors (Lipinski definition) is 1. The molecule has 88 valence electrons. The Morgan fingerprint density at radius 1 is 1.47 bits per heavy atom. The highest BCUT2D eigenvalue weighted by atomic mass is 32.2. The van der Waals surface area contributed by atoms with Crippen LogP contribution in [-0.4, -0.2) is 34.7 Å². The molecule has 0 rings (SSSR count). The van der Waals surface area contributed by atoms with Gasteiger partial charge in [-0.25, -0.2) is 4.79 Å². The maximum absolute atomic E-state index is 11.6. The third kappa shape index (κ3) is 3.50. The molecule has 0 heterocycles. The van der Waals surface area contributed by atoms with Gasteiger partial charge in [0.1, 0.15) is 0 Å². The molecule has 0 aromatic carbocycles. The molecule has 0 spiro atoms. The summed E-state index contributed by atoms with van der Waals surface area (Å²) in [6.45, 7) is 4.93. The summed E-state index contributed by atoms with van der Waals surface area (Å²) in [6, 6.07) is 0. The van der Waals surface area contributed by atoms with Gasteiger partial charge in [0.2, 0.25) is 0 Å². The molecule has 0 fully saturated rings. The van der Waals surface area contributed by atoms with Gasteiger partial charge in [-0.2, -0.15) is 0 Å². The Morgan fingerprint density at radius 3 is 2.33 bits per heavy atom. The summed E-state index contributed by atoms with van der Waals surface area (Å²) in [5.41, 5.74) is -1.73. The fourth-order valence-electron chi connectivity index (χ4n) is 1.39. The highest BCUT2D eigenvalue weighted by Gasteiger charge is 2.43. The predicted molar refractivity (Wildman–Crippen MR) is 59.6 cm³/mol. The van der Waals surface area contributed by atoms with Crippen molar-refractivity contribution in [3.05, 3.63) is 0 Å². The van der Waals surface area contributed by atoms with Crippen LogP contribution >= 0.6 is 11.8 Å². The summed E-state index contributed by atoms with van der Waals surface area (Å²) in [6.07, 6.45) is 0.411. The second kappa shape index (κ2) is 6.12. The number of rotatable bonds is 5. The molecule has 0 radical (unpaired) electrons. The van der Waals surface area contributed by atoms with E-state index in [4.69, 9.17) is 0 Å². The van der Waals surface area contributed by atoms with Gasteiger partial charge in [0.05, 0.1) is 13.0 Å². The van der Waals surface area contributed by atoms with Gasteiger partial charge < -0.3 is 9.84 Å². The van der Waals surface area contributed by atoms with Gasteiger partial charge in [0, 0.05) is 0 Å². The van der Waals surface area contributed by atoms with Crippen LogP contribution in [0.25, 0.3) is 0 Å². The van der Waals surface area contributed by atoms with Crippen LogP contribution in [0.5, 0.6) is 0 Å². The number of carbonyl (C=O) groups is 2. The highest BCUT2D eigenvalue weighted by molar-refractivity contribution is 8.13. The molecule has 2 atom stereocenters. The quantitative estimate of drug-likeness (QED) is 0.724. The topological polar surface area (TPSA) is 63.6 Å². The van der Waals surface area contributed by atoms with Gasteiger partial charge in [-0.1, -0.05) is 25.6 Å². The maximum Gasteiger partial charge on any atom is 0.338 e. The zero-order valence-electron chi connectivity index (χ0n) is 9.57. The molecular weight excluding hydrogens is 216 g/mol. The lowest BCUT2D eigenvalue weighted by molar-refractivity contribution is -0.167. The zero-order chi connectivity index (χ0) is 12.1. The van der Waals surface area contributed by atoms with Crippen LogP contribution in [0, 0.1) is 5.92 Å². The standard InChI is InChI=1S/C10H18O4S/c1-5-7(8(11)15-6-2)10(3,13)9(12)14-4/h7,13H,5-6H2,1-4H3/t7-,10-/m0/s1. The normalized spacial score (nSPS) is 16.6. The fraction of sp³-hybridized carbons (Fsp3) is 0.800. The Hall–Kier alpha value is -0.550. The number of thioether (sulfide) groups is 1. The first-order chi connectivity index (χ1) is 6.91. The average molecular weight is 234 g/mol. The van der Waals surface area contributed by atoms with Gasteiger partial charge >= 0.3 is 5.97 Å². The van der Waals surface area contributed by atoms with Crippen molar-refractivity contribution in [2.24, 2.45) is 5.92 Å². The molecule has 0 bridgehead atoms. The minimum absolute atomic E-state index is 0.171. The lowest BCUT2D eigenvalue weighted by Crippen LogP contribution is -2.46. The monoisotopic (exact) mass is 234 g/mol. The van der Waals surface area contributed by atoms with Crippen LogP contribution < -0.4 is 0 Å². The first-order valence-electron chi connectivity index (χ1n) is 4.89. The molecule has 15 heavy (non-hydrogen) atoms. The molecule has 0 amide bonds. The summed E-state index contributed by atoms with van der Waals surface area (Å²) in [7, 11) is 1.20. The third-order valence-electron chi connectivity index (χ3n) is 2.26. The molecule has 0 saturated heterocycles. The van der Waals surface area contributed by atoms with E-state index >= 15 is 0 Å². The third-order valence-corrected chi connectivity index (χ3v) is 3.11. The van der Waals surface area contributed by atoms with Gasteiger partial charge in [-0.3, -0.25) is 4.79 Å². The van der Waals surface area contributed by atoms with Gasteiger partial charge in [0.25, 0.3) is 0 Å². The van der Waals surface area contributed by atoms with Crippen LogP contribution in [0.4, 0.5) is 0 Å². The van der Waals surface area contributed by atoms with Crippen LogP contribution in [-0.2, 0) is 14.3 Å². The molecule has 0 aliphatic rings. The van der Waals surface area contributed by atoms with Crippen molar-refractivity contribution >= 4 is 22.8 Å². The van der Waals surface area contributed by atoms with E-state index in [1.54, 1.807) is 6.92 Å². The van der Waals surface area contributed by atoms with E-state index in [0.29, 0.717) is 12.2 Å². The Kier molecular flexibility index (Phi) is 5.90. The molecular formula is C10H18O4S. The molecule has 0 aliphatic heterocycles. The van der Waals surface area contributed by atoms with Gasteiger partial charge in [-0.05, 0) is 19.1 Å². The van der Waals surface area contributed by atoms with Crippen molar-refractivity contribution in [1.82, 2.24) is 0 Å².